The van der Waals surface area contributed by atoms with Gasteiger partial charge in [-0.05, 0) is 38.4 Å². The number of anilines is 1. The standard InChI is InChI=1S/C14H20N2O2/c1-11(18-13-8-5-9-15-10-13)14(17)16-12-6-3-2-4-7-12/h2-4,6-7,11,13,15H,5,8-10H2,1H3,(H,16,17)/t11?,13-/m0/s1. The van der Waals surface area contributed by atoms with Crippen molar-refractivity contribution in [3.8, 4) is 0 Å². The molecule has 1 fully saturated rings. The summed E-state index contributed by atoms with van der Waals surface area (Å²) in [5.41, 5.74) is 0.805. The molecule has 0 radical (unpaired) electrons. The fourth-order valence-corrected chi connectivity index (χ4v) is 2.05. The second kappa shape index (κ2) is 6.52. The van der Waals surface area contributed by atoms with E-state index in [-0.39, 0.29) is 12.0 Å². The molecule has 98 valence electrons. The van der Waals surface area contributed by atoms with Gasteiger partial charge in [0.25, 0.3) is 5.91 Å². The monoisotopic (exact) mass is 248 g/mol. The summed E-state index contributed by atoms with van der Waals surface area (Å²) in [5.74, 6) is -0.0910. The topological polar surface area (TPSA) is 50.4 Å². The van der Waals surface area contributed by atoms with E-state index in [0.717, 1.165) is 31.6 Å². The van der Waals surface area contributed by atoms with Gasteiger partial charge in [0.05, 0.1) is 6.10 Å². The molecule has 0 aliphatic carbocycles. The Morgan fingerprint density at radius 1 is 1.44 bits per heavy atom. The molecule has 0 aromatic heterocycles. The third-order valence-corrected chi connectivity index (χ3v) is 3.06. The normalized spacial score (nSPS) is 21.3. The average molecular weight is 248 g/mol. The fourth-order valence-electron chi connectivity index (χ4n) is 2.05. The first kappa shape index (κ1) is 13.1. The Balaban J connectivity index is 1.81. The molecule has 1 saturated heterocycles. The summed E-state index contributed by atoms with van der Waals surface area (Å²) in [5, 5.41) is 6.12. The number of piperidine rings is 1. The van der Waals surface area contributed by atoms with E-state index in [1.165, 1.54) is 0 Å². The third-order valence-electron chi connectivity index (χ3n) is 3.06. The Labute approximate surface area is 108 Å². The quantitative estimate of drug-likeness (QED) is 0.854. The number of ether oxygens (including phenoxy) is 1. The van der Waals surface area contributed by atoms with E-state index in [1.54, 1.807) is 6.92 Å². The van der Waals surface area contributed by atoms with Crippen LogP contribution in [0.25, 0.3) is 0 Å². The predicted molar refractivity (Wildman–Crippen MR) is 71.5 cm³/mol. The number of para-hydroxylation sites is 1. The molecule has 0 spiro atoms. The third kappa shape index (κ3) is 3.82. The van der Waals surface area contributed by atoms with Gasteiger partial charge in [0.15, 0.2) is 0 Å². The number of amides is 1. The molecule has 2 N–H and O–H groups in total. The van der Waals surface area contributed by atoms with Gasteiger partial charge in [0, 0.05) is 12.2 Å². The highest BCUT2D eigenvalue weighted by atomic mass is 16.5. The number of nitrogens with one attached hydrogen (secondary N) is 2. The molecule has 2 atom stereocenters. The lowest BCUT2D eigenvalue weighted by Gasteiger charge is -2.25. The zero-order valence-corrected chi connectivity index (χ0v) is 10.7. The maximum Gasteiger partial charge on any atom is 0.253 e. The van der Waals surface area contributed by atoms with Gasteiger partial charge in [-0.25, -0.2) is 0 Å². The summed E-state index contributed by atoms with van der Waals surface area (Å²) in [6, 6.07) is 9.45. The molecule has 1 aliphatic rings. The zero-order chi connectivity index (χ0) is 12.8. The molecule has 4 nitrogen and oxygen atoms in total. The molecule has 1 unspecified atom stereocenters. The second-order valence-electron chi connectivity index (χ2n) is 4.60. The molecule has 2 rings (SSSR count). The van der Waals surface area contributed by atoms with Crippen molar-refractivity contribution < 1.29 is 9.53 Å². The predicted octanol–water partition coefficient (Wildman–Crippen LogP) is 1.78. The van der Waals surface area contributed by atoms with Crippen LogP contribution in [-0.2, 0) is 9.53 Å². The van der Waals surface area contributed by atoms with Crippen molar-refractivity contribution in [2.75, 3.05) is 18.4 Å². The van der Waals surface area contributed by atoms with Crippen LogP contribution in [0, 0.1) is 0 Å². The van der Waals surface area contributed by atoms with Gasteiger partial charge in [0.2, 0.25) is 0 Å². The summed E-state index contributed by atoms with van der Waals surface area (Å²) in [4.78, 5) is 11.9. The van der Waals surface area contributed by atoms with Crippen LogP contribution in [0.5, 0.6) is 0 Å². The minimum atomic E-state index is -0.421. The number of hydrogen-bond acceptors (Lipinski definition) is 3. The van der Waals surface area contributed by atoms with Crippen molar-refractivity contribution in [2.24, 2.45) is 0 Å². The Bertz CT molecular complexity index is 375. The Kier molecular flexibility index (Phi) is 4.73. The van der Waals surface area contributed by atoms with Crippen LogP contribution in [0.2, 0.25) is 0 Å². The zero-order valence-electron chi connectivity index (χ0n) is 10.7. The van der Waals surface area contributed by atoms with Crippen molar-refractivity contribution in [1.82, 2.24) is 5.32 Å². The summed E-state index contributed by atoms with van der Waals surface area (Å²) in [6.45, 7) is 3.68. The lowest BCUT2D eigenvalue weighted by molar-refractivity contribution is -0.130. The smallest absolute Gasteiger partial charge is 0.253 e. The highest BCUT2D eigenvalue weighted by Gasteiger charge is 2.20. The molecule has 1 aromatic rings. The van der Waals surface area contributed by atoms with E-state index in [2.05, 4.69) is 10.6 Å². The van der Waals surface area contributed by atoms with Gasteiger partial charge in [-0.1, -0.05) is 18.2 Å². The van der Waals surface area contributed by atoms with E-state index >= 15 is 0 Å². The highest BCUT2D eigenvalue weighted by Crippen LogP contribution is 2.11. The minimum absolute atomic E-state index is 0.0910. The van der Waals surface area contributed by atoms with Crippen LogP contribution in [0.4, 0.5) is 5.69 Å². The molecule has 1 heterocycles. The van der Waals surface area contributed by atoms with E-state index < -0.39 is 6.10 Å². The average Bonchev–Trinajstić information content (AvgIpc) is 2.41. The minimum Gasteiger partial charge on any atom is -0.364 e. The molecule has 18 heavy (non-hydrogen) atoms. The van der Waals surface area contributed by atoms with Crippen molar-refractivity contribution in [3.05, 3.63) is 30.3 Å². The van der Waals surface area contributed by atoms with E-state index in [1.807, 2.05) is 30.3 Å². The van der Waals surface area contributed by atoms with E-state index in [4.69, 9.17) is 4.74 Å². The van der Waals surface area contributed by atoms with Crippen LogP contribution in [0.15, 0.2) is 30.3 Å². The maximum absolute atomic E-state index is 11.9. The van der Waals surface area contributed by atoms with Gasteiger partial charge < -0.3 is 15.4 Å². The highest BCUT2D eigenvalue weighted by molar-refractivity contribution is 5.93. The molecule has 1 aliphatic heterocycles. The molecule has 0 saturated carbocycles. The Hall–Kier alpha value is -1.39. The van der Waals surface area contributed by atoms with Crippen LogP contribution in [0.3, 0.4) is 0 Å². The van der Waals surface area contributed by atoms with Gasteiger partial charge in [0.1, 0.15) is 6.10 Å². The number of hydrogen-bond donors (Lipinski definition) is 2. The van der Waals surface area contributed by atoms with Gasteiger partial charge in [-0.2, -0.15) is 0 Å². The fraction of sp³-hybridized carbons (Fsp3) is 0.500. The first-order chi connectivity index (χ1) is 8.75. The molecule has 0 bridgehead atoms. The number of carbonyl (C=O) groups excluding carboxylic acids is 1. The van der Waals surface area contributed by atoms with Crippen LogP contribution in [-0.4, -0.2) is 31.2 Å². The summed E-state index contributed by atoms with van der Waals surface area (Å²) in [7, 11) is 0. The van der Waals surface area contributed by atoms with Crippen molar-refractivity contribution >= 4 is 11.6 Å². The van der Waals surface area contributed by atoms with Crippen molar-refractivity contribution in [3.63, 3.8) is 0 Å². The molecule has 4 heteroatoms. The molecular formula is C14H20N2O2. The van der Waals surface area contributed by atoms with E-state index in [0.29, 0.717) is 0 Å². The first-order valence-electron chi connectivity index (χ1n) is 6.48. The molecular weight excluding hydrogens is 228 g/mol. The summed E-state index contributed by atoms with van der Waals surface area (Å²) >= 11 is 0. The summed E-state index contributed by atoms with van der Waals surface area (Å²) in [6.07, 6.45) is 1.86. The van der Waals surface area contributed by atoms with Gasteiger partial charge >= 0.3 is 0 Å². The van der Waals surface area contributed by atoms with Gasteiger partial charge in [-0.15, -0.1) is 0 Å². The number of carbonyl (C=O) groups is 1. The van der Waals surface area contributed by atoms with Crippen LogP contribution in [0.1, 0.15) is 19.8 Å². The summed E-state index contributed by atoms with van der Waals surface area (Å²) < 4.78 is 5.75. The Morgan fingerprint density at radius 2 is 2.22 bits per heavy atom. The number of benzene rings is 1. The van der Waals surface area contributed by atoms with Gasteiger partial charge in [-0.3, -0.25) is 4.79 Å². The molecule has 1 aromatic carbocycles. The van der Waals surface area contributed by atoms with Crippen LogP contribution >= 0.6 is 0 Å². The number of rotatable bonds is 4. The maximum atomic E-state index is 11.9. The second-order valence-corrected chi connectivity index (χ2v) is 4.60. The van der Waals surface area contributed by atoms with Crippen molar-refractivity contribution in [2.45, 2.75) is 32.0 Å². The Morgan fingerprint density at radius 3 is 2.89 bits per heavy atom. The van der Waals surface area contributed by atoms with Crippen LogP contribution < -0.4 is 10.6 Å². The van der Waals surface area contributed by atoms with Crippen molar-refractivity contribution in [1.29, 1.82) is 0 Å². The molecule has 1 amide bonds. The van der Waals surface area contributed by atoms with E-state index in [9.17, 15) is 4.79 Å². The SMILES string of the molecule is CC(O[C@H]1CCCNC1)C(=O)Nc1ccccc1. The lowest BCUT2D eigenvalue weighted by Crippen LogP contribution is -2.40. The first-order valence-corrected chi connectivity index (χ1v) is 6.48. The lowest BCUT2D eigenvalue weighted by atomic mass is 10.1. The largest absolute Gasteiger partial charge is 0.364 e.